The van der Waals surface area contributed by atoms with Crippen LogP contribution >= 0.6 is 0 Å². The van der Waals surface area contributed by atoms with Crippen molar-refractivity contribution in [1.29, 1.82) is 0 Å². The first-order valence-corrected chi connectivity index (χ1v) is 7.94. The number of anilines is 1. The summed E-state index contributed by atoms with van der Waals surface area (Å²) in [5, 5.41) is 11.9. The monoisotopic (exact) mass is 316 g/mol. The summed E-state index contributed by atoms with van der Waals surface area (Å²) in [6.45, 7) is 0.781. The van der Waals surface area contributed by atoms with Crippen LogP contribution in [0.3, 0.4) is 0 Å². The highest BCUT2D eigenvalue weighted by atomic mass is 16.4. The summed E-state index contributed by atoms with van der Waals surface area (Å²) in [6, 6.07) is 7.69. The van der Waals surface area contributed by atoms with Crippen LogP contribution in [0.5, 0.6) is 0 Å². The molecule has 1 aromatic carbocycles. The van der Waals surface area contributed by atoms with Crippen LogP contribution in [-0.2, 0) is 20.8 Å². The van der Waals surface area contributed by atoms with Crippen molar-refractivity contribution >= 4 is 23.5 Å². The highest BCUT2D eigenvalue weighted by Gasteiger charge is 2.32. The predicted molar refractivity (Wildman–Crippen MR) is 83.8 cm³/mol. The lowest BCUT2D eigenvalue weighted by molar-refractivity contribution is -0.141. The molecule has 1 fully saturated rings. The minimum atomic E-state index is -0.844. The number of carboxylic acids is 1. The fraction of sp³-hybridized carbons (Fsp3) is 0.471. The van der Waals surface area contributed by atoms with Gasteiger partial charge in [-0.2, -0.15) is 0 Å². The average molecular weight is 316 g/mol. The molecule has 2 aliphatic heterocycles. The molecule has 2 heterocycles. The van der Waals surface area contributed by atoms with E-state index >= 15 is 0 Å². The van der Waals surface area contributed by atoms with Gasteiger partial charge >= 0.3 is 5.97 Å². The van der Waals surface area contributed by atoms with E-state index in [1.807, 2.05) is 24.3 Å². The van der Waals surface area contributed by atoms with Gasteiger partial charge in [-0.15, -0.1) is 0 Å². The van der Waals surface area contributed by atoms with Gasteiger partial charge in [-0.05, 0) is 30.9 Å². The number of hydrogen-bond donors (Lipinski definition) is 2. The molecule has 2 aliphatic rings. The van der Waals surface area contributed by atoms with Gasteiger partial charge < -0.3 is 15.3 Å². The zero-order chi connectivity index (χ0) is 16.4. The predicted octanol–water partition coefficient (Wildman–Crippen LogP) is 1.51. The number of nitrogens with one attached hydrogen (secondary N) is 1. The SMILES string of the molecule is O=C(O)[C@@H]1CCN(C(=O)CC[C@H]2Cc3ccccc3NC2=O)C1. The van der Waals surface area contributed by atoms with Crippen molar-refractivity contribution in [2.75, 3.05) is 18.4 Å². The number of rotatable bonds is 4. The maximum Gasteiger partial charge on any atom is 0.308 e. The Bertz CT molecular complexity index is 643. The number of amides is 2. The van der Waals surface area contributed by atoms with Gasteiger partial charge in [0.05, 0.1) is 5.92 Å². The van der Waals surface area contributed by atoms with Crippen LogP contribution in [0.25, 0.3) is 0 Å². The molecule has 0 aromatic heterocycles. The number of likely N-dealkylation sites (tertiary alicyclic amines) is 1. The van der Waals surface area contributed by atoms with Crippen molar-refractivity contribution in [3.05, 3.63) is 29.8 Å². The molecule has 2 N–H and O–H groups in total. The molecule has 0 bridgehead atoms. The minimum absolute atomic E-state index is 0.0404. The van der Waals surface area contributed by atoms with E-state index in [4.69, 9.17) is 5.11 Å². The number of hydrogen-bond acceptors (Lipinski definition) is 3. The third-order valence-corrected chi connectivity index (χ3v) is 4.71. The Kier molecular flexibility index (Phi) is 4.32. The molecule has 6 nitrogen and oxygen atoms in total. The molecule has 0 aliphatic carbocycles. The van der Waals surface area contributed by atoms with Crippen LogP contribution in [0.15, 0.2) is 24.3 Å². The molecule has 122 valence electrons. The number of para-hydroxylation sites is 1. The number of carbonyl (C=O) groups is 3. The van der Waals surface area contributed by atoms with Crippen LogP contribution in [0.4, 0.5) is 5.69 Å². The maximum absolute atomic E-state index is 12.2. The van der Waals surface area contributed by atoms with E-state index in [0.717, 1.165) is 11.3 Å². The third-order valence-electron chi connectivity index (χ3n) is 4.71. The van der Waals surface area contributed by atoms with Crippen molar-refractivity contribution < 1.29 is 19.5 Å². The van der Waals surface area contributed by atoms with Gasteiger partial charge in [0.15, 0.2) is 0 Å². The summed E-state index contributed by atoms with van der Waals surface area (Å²) in [6.07, 6.45) is 1.94. The van der Waals surface area contributed by atoms with Gasteiger partial charge in [0.2, 0.25) is 11.8 Å². The number of fused-ring (bicyclic) bond motifs is 1. The van der Waals surface area contributed by atoms with Crippen LogP contribution in [-0.4, -0.2) is 40.9 Å². The number of aliphatic carboxylic acids is 1. The summed E-state index contributed by atoms with van der Waals surface area (Å²) in [5.74, 6) is -1.60. The Morgan fingerprint density at radius 1 is 1.30 bits per heavy atom. The second kappa shape index (κ2) is 6.40. The Balaban J connectivity index is 1.54. The minimum Gasteiger partial charge on any atom is -0.481 e. The second-order valence-electron chi connectivity index (χ2n) is 6.25. The lowest BCUT2D eigenvalue weighted by Gasteiger charge is -2.25. The molecule has 0 radical (unpaired) electrons. The Hall–Kier alpha value is -2.37. The van der Waals surface area contributed by atoms with Gasteiger partial charge in [0, 0.05) is 31.1 Å². The van der Waals surface area contributed by atoms with E-state index in [2.05, 4.69) is 5.32 Å². The summed E-state index contributed by atoms with van der Waals surface area (Å²) >= 11 is 0. The fourth-order valence-electron chi connectivity index (χ4n) is 3.29. The van der Waals surface area contributed by atoms with Gasteiger partial charge in [-0.3, -0.25) is 14.4 Å². The normalized spacial score (nSPS) is 23.3. The zero-order valence-corrected chi connectivity index (χ0v) is 12.8. The number of carboxylic acid groups (broad SMARTS) is 1. The summed E-state index contributed by atoms with van der Waals surface area (Å²) in [5.41, 5.74) is 1.94. The van der Waals surface area contributed by atoms with E-state index in [-0.39, 0.29) is 30.7 Å². The lowest BCUT2D eigenvalue weighted by atomic mass is 9.89. The molecular weight excluding hydrogens is 296 g/mol. The standard InChI is InChI=1S/C17H20N2O4/c20-15(19-8-7-13(10-19)17(22)23)6-5-12-9-11-3-1-2-4-14(11)18-16(12)21/h1-4,12-13H,5-10H2,(H,18,21)(H,22,23)/t12-,13+/m0/s1. The van der Waals surface area contributed by atoms with Crippen molar-refractivity contribution in [3.63, 3.8) is 0 Å². The van der Waals surface area contributed by atoms with Crippen LogP contribution in [0.1, 0.15) is 24.8 Å². The van der Waals surface area contributed by atoms with Crippen molar-refractivity contribution in [3.8, 4) is 0 Å². The largest absolute Gasteiger partial charge is 0.481 e. The molecule has 2 amide bonds. The molecule has 3 rings (SSSR count). The fourth-order valence-corrected chi connectivity index (χ4v) is 3.29. The molecule has 0 unspecified atom stereocenters. The van der Waals surface area contributed by atoms with Gasteiger partial charge in [0.1, 0.15) is 0 Å². The van der Waals surface area contributed by atoms with Crippen molar-refractivity contribution in [2.45, 2.75) is 25.7 Å². The highest BCUT2D eigenvalue weighted by Crippen LogP contribution is 2.28. The first-order valence-electron chi connectivity index (χ1n) is 7.94. The third kappa shape index (κ3) is 3.36. The lowest BCUT2D eigenvalue weighted by Crippen LogP contribution is -2.33. The van der Waals surface area contributed by atoms with E-state index in [1.54, 1.807) is 4.90 Å². The summed E-state index contributed by atoms with van der Waals surface area (Å²) < 4.78 is 0. The summed E-state index contributed by atoms with van der Waals surface area (Å²) in [4.78, 5) is 36.9. The number of nitrogens with zero attached hydrogens (tertiary/aromatic N) is 1. The van der Waals surface area contributed by atoms with Crippen LogP contribution in [0.2, 0.25) is 0 Å². The molecular formula is C17H20N2O4. The molecule has 0 spiro atoms. The van der Waals surface area contributed by atoms with Crippen LogP contribution in [0, 0.1) is 11.8 Å². The maximum atomic E-state index is 12.2. The zero-order valence-electron chi connectivity index (χ0n) is 12.8. The first kappa shape index (κ1) is 15.5. The molecule has 23 heavy (non-hydrogen) atoms. The van der Waals surface area contributed by atoms with E-state index in [1.165, 1.54) is 0 Å². The second-order valence-corrected chi connectivity index (χ2v) is 6.25. The smallest absolute Gasteiger partial charge is 0.308 e. The molecule has 6 heteroatoms. The van der Waals surface area contributed by atoms with Crippen LogP contribution < -0.4 is 5.32 Å². The molecule has 0 saturated carbocycles. The average Bonchev–Trinajstić information content (AvgIpc) is 3.03. The Labute approximate surface area is 134 Å². The summed E-state index contributed by atoms with van der Waals surface area (Å²) in [7, 11) is 0. The quantitative estimate of drug-likeness (QED) is 0.881. The Morgan fingerprint density at radius 2 is 2.09 bits per heavy atom. The van der Waals surface area contributed by atoms with Crippen molar-refractivity contribution in [2.24, 2.45) is 11.8 Å². The van der Waals surface area contributed by atoms with E-state index < -0.39 is 11.9 Å². The van der Waals surface area contributed by atoms with Gasteiger partial charge in [-0.25, -0.2) is 0 Å². The van der Waals surface area contributed by atoms with Gasteiger partial charge in [-0.1, -0.05) is 18.2 Å². The topological polar surface area (TPSA) is 86.7 Å². The van der Waals surface area contributed by atoms with Crippen molar-refractivity contribution in [1.82, 2.24) is 4.90 Å². The highest BCUT2D eigenvalue weighted by molar-refractivity contribution is 5.96. The molecule has 1 saturated heterocycles. The number of carbonyl (C=O) groups excluding carboxylic acids is 2. The number of benzene rings is 1. The Morgan fingerprint density at radius 3 is 2.83 bits per heavy atom. The molecule has 2 atom stereocenters. The first-order chi connectivity index (χ1) is 11.0. The van der Waals surface area contributed by atoms with E-state index in [9.17, 15) is 14.4 Å². The van der Waals surface area contributed by atoms with Gasteiger partial charge in [0.25, 0.3) is 0 Å². The molecule has 1 aromatic rings. The van der Waals surface area contributed by atoms with E-state index in [0.29, 0.717) is 25.8 Å².